The third kappa shape index (κ3) is 56.4. The number of ether oxygens (including phenoxy) is 3. The fourth-order valence-corrected chi connectivity index (χ4v) is 9.00. The molecular formula is C63H116O6. The Morgan fingerprint density at radius 3 is 0.841 bits per heavy atom. The van der Waals surface area contributed by atoms with E-state index in [2.05, 4.69) is 57.2 Å². The molecule has 0 amide bonds. The quantitative estimate of drug-likeness (QED) is 0.0261. The molecule has 0 aliphatic rings. The van der Waals surface area contributed by atoms with Crippen LogP contribution in [0.15, 0.2) is 36.5 Å². The van der Waals surface area contributed by atoms with E-state index in [9.17, 15) is 14.4 Å². The van der Waals surface area contributed by atoms with Crippen molar-refractivity contribution in [2.45, 2.75) is 335 Å². The van der Waals surface area contributed by atoms with Crippen LogP contribution in [-0.2, 0) is 28.6 Å². The maximum absolute atomic E-state index is 12.9. The highest BCUT2D eigenvalue weighted by Gasteiger charge is 2.19. The van der Waals surface area contributed by atoms with Gasteiger partial charge in [0, 0.05) is 19.3 Å². The largest absolute Gasteiger partial charge is 0.462 e. The number of allylic oxidation sites excluding steroid dienone is 6. The van der Waals surface area contributed by atoms with Gasteiger partial charge in [-0.25, -0.2) is 0 Å². The van der Waals surface area contributed by atoms with Crippen LogP contribution in [0.3, 0.4) is 0 Å². The molecule has 6 heteroatoms. The van der Waals surface area contributed by atoms with Gasteiger partial charge in [-0.1, -0.05) is 269 Å². The monoisotopic (exact) mass is 969 g/mol. The van der Waals surface area contributed by atoms with E-state index in [0.29, 0.717) is 19.3 Å². The molecule has 0 saturated heterocycles. The summed E-state index contributed by atoms with van der Waals surface area (Å²) in [7, 11) is 0. The molecule has 404 valence electrons. The molecule has 0 aliphatic heterocycles. The molecule has 0 fully saturated rings. The predicted molar refractivity (Wildman–Crippen MR) is 298 cm³/mol. The normalized spacial score (nSPS) is 12.2. The molecule has 1 atom stereocenters. The standard InChI is InChI=1S/C63H116O6/c1-4-7-10-13-16-19-22-25-28-30-31-33-35-38-41-44-47-50-53-56-62(65)68-59-60(58-67-61(64)55-52-49-46-43-40-37-34-27-24-21-18-15-12-9-6-3)69-63(66)57-54-51-48-45-42-39-36-32-29-26-23-20-17-14-11-8-5-2/h17,20,26-27,29,34,60H,4-16,18-19,21-25,28,30-33,35-59H2,1-3H3/b20-17-,29-26-,34-27-/t60-/m1/s1. The first kappa shape index (κ1) is 66.6. The van der Waals surface area contributed by atoms with Crippen molar-refractivity contribution in [3.63, 3.8) is 0 Å². The molecule has 0 saturated carbocycles. The van der Waals surface area contributed by atoms with E-state index in [1.54, 1.807) is 0 Å². The van der Waals surface area contributed by atoms with Gasteiger partial charge in [0.25, 0.3) is 0 Å². The summed E-state index contributed by atoms with van der Waals surface area (Å²) < 4.78 is 16.9. The van der Waals surface area contributed by atoms with Crippen molar-refractivity contribution in [2.75, 3.05) is 13.2 Å². The van der Waals surface area contributed by atoms with Crippen molar-refractivity contribution in [3.8, 4) is 0 Å². The van der Waals surface area contributed by atoms with E-state index in [1.165, 1.54) is 212 Å². The molecule has 0 heterocycles. The molecule has 0 aromatic heterocycles. The summed E-state index contributed by atoms with van der Waals surface area (Å²) in [6.45, 7) is 6.65. The fraction of sp³-hybridized carbons (Fsp3) is 0.857. The Morgan fingerprint density at radius 1 is 0.290 bits per heavy atom. The molecule has 0 rings (SSSR count). The summed E-state index contributed by atoms with van der Waals surface area (Å²) in [5.41, 5.74) is 0. The highest BCUT2D eigenvalue weighted by Crippen LogP contribution is 2.17. The molecular weight excluding hydrogens is 853 g/mol. The van der Waals surface area contributed by atoms with Crippen LogP contribution < -0.4 is 0 Å². The lowest BCUT2D eigenvalue weighted by atomic mass is 10.0. The van der Waals surface area contributed by atoms with E-state index in [0.717, 1.165) is 77.0 Å². The highest BCUT2D eigenvalue weighted by atomic mass is 16.6. The second kappa shape index (κ2) is 58.2. The van der Waals surface area contributed by atoms with Gasteiger partial charge in [0.15, 0.2) is 6.10 Å². The number of hydrogen-bond acceptors (Lipinski definition) is 6. The number of rotatable bonds is 56. The topological polar surface area (TPSA) is 78.9 Å². The smallest absolute Gasteiger partial charge is 0.306 e. The van der Waals surface area contributed by atoms with Crippen molar-refractivity contribution in [1.82, 2.24) is 0 Å². The van der Waals surface area contributed by atoms with Gasteiger partial charge in [0.05, 0.1) is 0 Å². The minimum absolute atomic E-state index is 0.0741. The number of hydrogen-bond donors (Lipinski definition) is 0. The Bertz CT molecular complexity index is 1160. The van der Waals surface area contributed by atoms with Crippen LogP contribution in [0.25, 0.3) is 0 Å². The molecule has 0 N–H and O–H groups in total. The molecule has 0 aromatic rings. The molecule has 0 aliphatic carbocycles. The average molecular weight is 970 g/mol. The minimum Gasteiger partial charge on any atom is -0.462 e. The molecule has 6 nitrogen and oxygen atoms in total. The van der Waals surface area contributed by atoms with Crippen molar-refractivity contribution in [2.24, 2.45) is 0 Å². The van der Waals surface area contributed by atoms with Crippen LogP contribution in [0, 0.1) is 0 Å². The average Bonchev–Trinajstić information content (AvgIpc) is 3.35. The summed E-state index contributed by atoms with van der Waals surface area (Å²) in [6.07, 6.45) is 69.9. The van der Waals surface area contributed by atoms with Crippen molar-refractivity contribution < 1.29 is 28.6 Å². The molecule has 0 radical (unpaired) electrons. The predicted octanol–water partition coefficient (Wildman–Crippen LogP) is 20.4. The molecule has 0 unspecified atom stereocenters. The van der Waals surface area contributed by atoms with Crippen LogP contribution in [0.5, 0.6) is 0 Å². The minimum atomic E-state index is -0.777. The van der Waals surface area contributed by atoms with Gasteiger partial charge in [-0.2, -0.15) is 0 Å². The highest BCUT2D eigenvalue weighted by molar-refractivity contribution is 5.71. The van der Waals surface area contributed by atoms with Gasteiger partial charge in [0.2, 0.25) is 0 Å². The van der Waals surface area contributed by atoms with Crippen molar-refractivity contribution in [3.05, 3.63) is 36.5 Å². The van der Waals surface area contributed by atoms with E-state index in [4.69, 9.17) is 14.2 Å². The van der Waals surface area contributed by atoms with Crippen molar-refractivity contribution in [1.29, 1.82) is 0 Å². The second-order valence-electron chi connectivity index (χ2n) is 20.6. The van der Waals surface area contributed by atoms with E-state index >= 15 is 0 Å². The van der Waals surface area contributed by atoms with Gasteiger partial charge in [-0.15, -0.1) is 0 Å². The maximum Gasteiger partial charge on any atom is 0.306 e. The van der Waals surface area contributed by atoms with Gasteiger partial charge >= 0.3 is 17.9 Å². The van der Waals surface area contributed by atoms with E-state index in [-0.39, 0.29) is 31.1 Å². The summed E-state index contributed by atoms with van der Waals surface area (Å²) in [5, 5.41) is 0. The zero-order valence-electron chi connectivity index (χ0n) is 46.3. The third-order valence-corrected chi connectivity index (χ3v) is 13.6. The fourth-order valence-electron chi connectivity index (χ4n) is 9.00. The second-order valence-corrected chi connectivity index (χ2v) is 20.6. The first-order chi connectivity index (χ1) is 34.0. The zero-order chi connectivity index (χ0) is 50.0. The van der Waals surface area contributed by atoms with Gasteiger partial charge in [-0.3, -0.25) is 14.4 Å². The SMILES string of the molecule is CCCCC/C=C\C/C=C\CCCCCCCCCC(=O)O[C@H](COC(=O)CCCCCCC/C=C\CCCCCCCC)COC(=O)CCCCCCCCCCCCCCCCCCCCC. The van der Waals surface area contributed by atoms with Gasteiger partial charge in [0.1, 0.15) is 13.2 Å². The van der Waals surface area contributed by atoms with Crippen molar-refractivity contribution >= 4 is 17.9 Å². The molecule has 0 aromatic carbocycles. The van der Waals surface area contributed by atoms with E-state index < -0.39 is 6.10 Å². The third-order valence-electron chi connectivity index (χ3n) is 13.6. The number of carbonyl (C=O) groups is 3. The Morgan fingerprint density at radius 2 is 0.522 bits per heavy atom. The van der Waals surface area contributed by atoms with Crippen LogP contribution in [0.4, 0.5) is 0 Å². The van der Waals surface area contributed by atoms with Crippen LogP contribution in [-0.4, -0.2) is 37.2 Å². The van der Waals surface area contributed by atoms with Crippen LogP contribution >= 0.6 is 0 Å². The van der Waals surface area contributed by atoms with E-state index in [1.807, 2.05) is 0 Å². The number of carbonyl (C=O) groups excluding carboxylic acids is 3. The lowest BCUT2D eigenvalue weighted by molar-refractivity contribution is -0.167. The van der Waals surface area contributed by atoms with Gasteiger partial charge < -0.3 is 14.2 Å². The summed E-state index contributed by atoms with van der Waals surface area (Å²) in [5.74, 6) is -0.870. The summed E-state index contributed by atoms with van der Waals surface area (Å²) in [6, 6.07) is 0. The van der Waals surface area contributed by atoms with Crippen LogP contribution in [0.1, 0.15) is 329 Å². The van der Waals surface area contributed by atoms with Crippen LogP contribution in [0.2, 0.25) is 0 Å². The van der Waals surface area contributed by atoms with Gasteiger partial charge in [-0.05, 0) is 77.0 Å². The maximum atomic E-state index is 12.9. The number of unbranched alkanes of at least 4 members (excludes halogenated alkanes) is 39. The first-order valence-corrected chi connectivity index (χ1v) is 30.5. The lowest BCUT2D eigenvalue weighted by Crippen LogP contribution is -2.30. The lowest BCUT2D eigenvalue weighted by Gasteiger charge is -2.18. The Balaban J connectivity index is 4.34. The first-order valence-electron chi connectivity index (χ1n) is 30.5. The zero-order valence-corrected chi connectivity index (χ0v) is 46.3. The number of esters is 3. The summed E-state index contributed by atoms with van der Waals surface area (Å²) >= 11 is 0. The molecule has 69 heavy (non-hydrogen) atoms. The Hall–Kier alpha value is -2.37. The summed E-state index contributed by atoms with van der Waals surface area (Å²) in [4.78, 5) is 38.2. The molecule has 0 bridgehead atoms. The molecule has 0 spiro atoms. The Kier molecular flexibility index (Phi) is 56.2. The Labute approximate surface area is 429 Å².